The molecule has 7 nitrogen and oxygen atoms in total. The van der Waals surface area contributed by atoms with E-state index < -0.39 is 0 Å². The molecule has 32 heavy (non-hydrogen) atoms. The first-order valence-electron chi connectivity index (χ1n) is 10.9. The molecule has 2 aromatic heterocycles. The lowest BCUT2D eigenvalue weighted by Crippen LogP contribution is -2.20. The number of nitrogens with zero attached hydrogens (tertiary/aromatic N) is 2. The lowest BCUT2D eigenvalue weighted by molar-refractivity contribution is -0.116. The molecule has 4 heterocycles. The predicted molar refractivity (Wildman–Crippen MR) is 118 cm³/mol. The molecule has 7 heteroatoms. The fourth-order valence-corrected chi connectivity index (χ4v) is 5.04. The van der Waals surface area contributed by atoms with Crippen LogP contribution in [0.15, 0.2) is 48.7 Å². The minimum Gasteiger partial charge on any atom is -0.485 e. The Balaban J connectivity index is 1.19. The van der Waals surface area contributed by atoms with Crippen LogP contribution in [0.4, 0.5) is 5.82 Å². The molecule has 3 atom stereocenters. The Hall–Kier alpha value is -3.87. The largest absolute Gasteiger partial charge is 0.485 e. The third kappa shape index (κ3) is 2.57. The highest BCUT2D eigenvalue weighted by Gasteiger charge is 2.61. The van der Waals surface area contributed by atoms with Gasteiger partial charge in [-0.2, -0.15) is 0 Å². The molecule has 1 fully saturated rings. The average molecular weight is 424 g/mol. The maximum absolute atomic E-state index is 11.7. The summed E-state index contributed by atoms with van der Waals surface area (Å²) in [6.07, 6.45) is 2.77. The van der Waals surface area contributed by atoms with E-state index in [0.29, 0.717) is 30.2 Å². The number of H-pyrrole nitrogens is 1. The van der Waals surface area contributed by atoms with Crippen LogP contribution in [0.5, 0.6) is 17.2 Å². The average Bonchev–Trinajstić information content (AvgIpc) is 3.13. The normalized spacial score (nSPS) is 22.5. The van der Waals surface area contributed by atoms with Crippen molar-refractivity contribution >= 4 is 22.8 Å². The summed E-state index contributed by atoms with van der Waals surface area (Å²) in [5.41, 5.74) is 5.35. The van der Waals surface area contributed by atoms with Gasteiger partial charge in [-0.1, -0.05) is 18.2 Å². The van der Waals surface area contributed by atoms with Gasteiger partial charge in [-0.3, -0.25) is 4.79 Å². The van der Waals surface area contributed by atoms with Crippen LogP contribution < -0.4 is 14.8 Å². The van der Waals surface area contributed by atoms with Crippen LogP contribution in [0.2, 0.25) is 0 Å². The van der Waals surface area contributed by atoms with E-state index in [4.69, 9.17) is 14.5 Å². The van der Waals surface area contributed by atoms with Crippen molar-refractivity contribution in [1.82, 2.24) is 15.0 Å². The number of aryl methyl sites for hydroxylation is 1. The molecular weight excluding hydrogens is 404 g/mol. The molecule has 0 radical (unpaired) electrons. The summed E-state index contributed by atoms with van der Waals surface area (Å²) in [7, 11) is 0. The van der Waals surface area contributed by atoms with Crippen molar-refractivity contribution in [2.24, 2.45) is 0 Å². The third-order valence-corrected chi connectivity index (χ3v) is 6.64. The number of carbonyl (C=O) groups excluding carboxylic acids is 1. The summed E-state index contributed by atoms with van der Waals surface area (Å²) in [6.45, 7) is 2.08. The number of carbonyl (C=O) groups is 1. The fourth-order valence-electron chi connectivity index (χ4n) is 5.04. The third-order valence-electron chi connectivity index (χ3n) is 6.64. The highest BCUT2D eigenvalue weighted by molar-refractivity contribution is 5.93. The molecule has 1 aliphatic carbocycles. The topological polar surface area (TPSA) is 89.1 Å². The molecule has 1 saturated carbocycles. The van der Waals surface area contributed by atoms with Gasteiger partial charge in [0.15, 0.2) is 11.5 Å². The molecular formula is C25H20N4O3. The standard InChI is InChI=1S/C25H20N4O3/c1-12-5-7-15-16(11-12)28-25(27-15)21-20-14-3-2-4-18(22(14)32-23(20)21)31-17-9-10-26-24-13(17)6-8-19(30)29-24/h2-5,7,9-11,20-21,23H,6,8H2,1H3,(H,27,28)(H,26,29,30). The number of aromatic amines is 1. The summed E-state index contributed by atoms with van der Waals surface area (Å²) >= 11 is 0. The van der Waals surface area contributed by atoms with Gasteiger partial charge in [-0.25, -0.2) is 9.97 Å². The van der Waals surface area contributed by atoms with E-state index in [-0.39, 0.29) is 23.8 Å². The summed E-state index contributed by atoms with van der Waals surface area (Å²) in [5.74, 6) is 4.26. The Morgan fingerprint density at radius 2 is 2.03 bits per heavy atom. The molecule has 2 aromatic carbocycles. The maximum Gasteiger partial charge on any atom is 0.225 e. The minimum absolute atomic E-state index is 0.0158. The fraction of sp³-hybridized carbons (Fsp3) is 0.240. The molecule has 3 aliphatic rings. The van der Waals surface area contributed by atoms with Gasteiger partial charge in [-0.05, 0) is 43.2 Å². The van der Waals surface area contributed by atoms with Crippen LogP contribution >= 0.6 is 0 Å². The van der Waals surface area contributed by atoms with Crippen molar-refractivity contribution in [1.29, 1.82) is 0 Å². The Labute approximate surface area is 183 Å². The van der Waals surface area contributed by atoms with E-state index in [9.17, 15) is 4.79 Å². The van der Waals surface area contributed by atoms with Crippen LogP contribution in [0.1, 0.15) is 40.8 Å². The van der Waals surface area contributed by atoms with Crippen molar-refractivity contribution in [3.8, 4) is 17.2 Å². The first kappa shape index (κ1) is 17.8. The number of hydrogen-bond acceptors (Lipinski definition) is 5. The molecule has 0 bridgehead atoms. The number of amides is 1. The lowest BCUT2D eigenvalue weighted by atomic mass is 10.1. The molecule has 2 N–H and O–H groups in total. The lowest BCUT2D eigenvalue weighted by Gasteiger charge is -2.20. The van der Waals surface area contributed by atoms with Gasteiger partial charge in [0.1, 0.15) is 23.5 Å². The molecule has 2 aliphatic heterocycles. The zero-order valence-corrected chi connectivity index (χ0v) is 17.4. The van der Waals surface area contributed by atoms with Crippen LogP contribution in [0.25, 0.3) is 11.0 Å². The number of para-hydroxylation sites is 1. The summed E-state index contributed by atoms with van der Waals surface area (Å²) < 4.78 is 12.6. The zero-order valence-electron chi connectivity index (χ0n) is 17.4. The summed E-state index contributed by atoms with van der Waals surface area (Å²) in [5, 5.41) is 2.82. The van der Waals surface area contributed by atoms with Crippen molar-refractivity contribution < 1.29 is 14.3 Å². The second-order valence-corrected chi connectivity index (χ2v) is 8.74. The predicted octanol–water partition coefficient (Wildman–Crippen LogP) is 4.59. The maximum atomic E-state index is 11.7. The highest BCUT2D eigenvalue weighted by Crippen LogP contribution is 2.64. The Morgan fingerprint density at radius 3 is 2.97 bits per heavy atom. The van der Waals surface area contributed by atoms with Crippen LogP contribution in [-0.4, -0.2) is 27.0 Å². The van der Waals surface area contributed by atoms with Crippen molar-refractivity contribution in [2.45, 2.75) is 37.7 Å². The number of ether oxygens (including phenoxy) is 2. The number of imidazole rings is 1. The van der Waals surface area contributed by atoms with Crippen molar-refractivity contribution in [3.63, 3.8) is 0 Å². The molecule has 0 spiro atoms. The number of benzene rings is 2. The quantitative estimate of drug-likeness (QED) is 0.502. The number of rotatable bonds is 3. The second kappa shape index (κ2) is 6.32. The molecule has 1 amide bonds. The molecule has 158 valence electrons. The molecule has 3 unspecified atom stereocenters. The van der Waals surface area contributed by atoms with E-state index in [2.05, 4.69) is 46.5 Å². The van der Waals surface area contributed by atoms with E-state index >= 15 is 0 Å². The van der Waals surface area contributed by atoms with E-state index in [1.807, 2.05) is 18.2 Å². The van der Waals surface area contributed by atoms with Gasteiger partial charge in [0, 0.05) is 29.7 Å². The van der Waals surface area contributed by atoms with E-state index in [0.717, 1.165) is 33.7 Å². The number of anilines is 1. The van der Waals surface area contributed by atoms with Crippen molar-refractivity contribution in [3.05, 3.63) is 71.2 Å². The Morgan fingerprint density at radius 1 is 1.09 bits per heavy atom. The van der Waals surface area contributed by atoms with Gasteiger partial charge >= 0.3 is 0 Å². The van der Waals surface area contributed by atoms with Crippen LogP contribution in [0.3, 0.4) is 0 Å². The number of fused-ring (bicyclic) bond motifs is 5. The molecule has 0 saturated heterocycles. The number of hydrogen-bond donors (Lipinski definition) is 2. The molecule has 7 rings (SSSR count). The number of aromatic nitrogens is 3. The van der Waals surface area contributed by atoms with Crippen molar-refractivity contribution in [2.75, 3.05) is 5.32 Å². The van der Waals surface area contributed by atoms with E-state index in [1.165, 1.54) is 5.56 Å². The summed E-state index contributed by atoms with van der Waals surface area (Å²) in [6, 6.07) is 14.2. The first-order valence-corrected chi connectivity index (χ1v) is 10.9. The van der Waals surface area contributed by atoms with Gasteiger partial charge in [0.25, 0.3) is 0 Å². The second-order valence-electron chi connectivity index (χ2n) is 8.74. The molecule has 4 aromatic rings. The Bertz CT molecular complexity index is 1430. The van der Waals surface area contributed by atoms with Gasteiger partial charge < -0.3 is 19.8 Å². The minimum atomic E-state index is -0.0158. The van der Waals surface area contributed by atoms with E-state index in [1.54, 1.807) is 6.20 Å². The van der Waals surface area contributed by atoms with Gasteiger partial charge in [0.05, 0.1) is 17.0 Å². The zero-order chi connectivity index (χ0) is 21.4. The van der Waals surface area contributed by atoms with Crippen LogP contribution in [0, 0.1) is 6.92 Å². The Kier molecular flexibility index (Phi) is 3.51. The van der Waals surface area contributed by atoms with Gasteiger partial charge in [-0.15, -0.1) is 0 Å². The number of nitrogens with one attached hydrogen (secondary N) is 2. The van der Waals surface area contributed by atoms with Gasteiger partial charge in [0.2, 0.25) is 5.91 Å². The van der Waals surface area contributed by atoms with Crippen LogP contribution in [-0.2, 0) is 11.2 Å². The monoisotopic (exact) mass is 424 g/mol. The highest BCUT2D eigenvalue weighted by atomic mass is 16.5. The first-order chi connectivity index (χ1) is 15.7. The smallest absolute Gasteiger partial charge is 0.225 e. The summed E-state index contributed by atoms with van der Waals surface area (Å²) in [4.78, 5) is 24.3. The SMILES string of the molecule is Cc1ccc2nc(C3C4Oc5c(Oc6ccnc7c6CCC(=O)N7)cccc5C43)[nH]c2c1. The number of pyridine rings is 1.